The van der Waals surface area contributed by atoms with Gasteiger partial charge in [0.15, 0.2) is 0 Å². The summed E-state index contributed by atoms with van der Waals surface area (Å²) in [5.41, 5.74) is 7.91. The molecule has 4 rings (SSSR count). The highest BCUT2D eigenvalue weighted by atomic mass is 16.5. The first-order valence-corrected chi connectivity index (χ1v) is 9.09. The van der Waals surface area contributed by atoms with E-state index in [0.29, 0.717) is 19.1 Å². The van der Waals surface area contributed by atoms with Crippen molar-refractivity contribution in [2.45, 2.75) is 43.7 Å². The van der Waals surface area contributed by atoms with Gasteiger partial charge in [0, 0.05) is 25.7 Å². The van der Waals surface area contributed by atoms with Crippen molar-refractivity contribution < 1.29 is 14.3 Å². The van der Waals surface area contributed by atoms with Crippen molar-refractivity contribution in [2.75, 3.05) is 26.7 Å². The number of rotatable bonds is 4. The summed E-state index contributed by atoms with van der Waals surface area (Å²) in [6.07, 6.45) is 3.99. The molecule has 2 unspecified atom stereocenters. The molecule has 0 radical (unpaired) electrons. The Morgan fingerprint density at radius 1 is 1.20 bits per heavy atom. The predicted molar refractivity (Wildman–Crippen MR) is 93.3 cm³/mol. The van der Waals surface area contributed by atoms with E-state index in [-0.39, 0.29) is 23.8 Å². The molecule has 2 amide bonds. The number of primary amides is 1. The maximum atomic E-state index is 13.1. The van der Waals surface area contributed by atoms with E-state index in [0.717, 1.165) is 43.5 Å². The molecular formula is C19H25N3O3. The zero-order valence-electron chi connectivity index (χ0n) is 14.6. The van der Waals surface area contributed by atoms with Crippen molar-refractivity contribution in [1.82, 2.24) is 9.80 Å². The van der Waals surface area contributed by atoms with Crippen LogP contribution in [-0.2, 0) is 16.0 Å². The number of nitrogens with zero attached hydrogens (tertiary/aromatic N) is 2. The van der Waals surface area contributed by atoms with E-state index < -0.39 is 0 Å². The molecule has 2 fully saturated rings. The van der Waals surface area contributed by atoms with Crippen LogP contribution in [0.2, 0.25) is 0 Å². The van der Waals surface area contributed by atoms with Crippen LogP contribution >= 0.6 is 0 Å². The predicted octanol–water partition coefficient (Wildman–Crippen LogP) is 0.886. The molecule has 2 atom stereocenters. The summed E-state index contributed by atoms with van der Waals surface area (Å²) in [4.78, 5) is 29.0. The van der Waals surface area contributed by atoms with Gasteiger partial charge in [-0.3, -0.25) is 14.5 Å². The average molecular weight is 343 g/mol. The number of aryl methyl sites for hydroxylation is 1. The van der Waals surface area contributed by atoms with Crippen LogP contribution in [0.1, 0.15) is 36.3 Å². The van der Waals surface area contributed by atoms with Crippen LogP contribution in [0.25, 0.3) is 0 Å². The Bertz CT molecular complexity index is 701. The Morgan fingerprint density at radius 3 is 2.68 bits per heavy atom. The monoisotopic (exact) mass is 343 g/mol. The summed E-state index contributed by atoms with van der Waals surface area (Å²) >= 11 is 0. The Balaban J connectivity index is 1.50. The Hall–Kier alpha value is -2.08. The fourth-order valence-corrected chi connectivity index (χ4v) is 4.29. The molecule has 134 valence electrons. The van der Waals surface area contributed by atoms with E-state index in [1.54, 1.807) is 7.11 Å². The first-order chi connectivity index (χ1) is 12.1. The van der Waals surface area contributed by atoms with Crippen molar-refractivity contribution in [2.24, 2.45) is 5.73 Å². The molecule has 2 aliphatic carbocycles. The molecule has 1 heterocycles. The lowest BCUT2D eigenvalue weighted by Gasteiger charge is -2.41. The van der Waals surface area contributed by atoms with Crippen molar-refractivity contribution >= 4 is 11.8 Å². The normalized spacial score (nSPS) is 26.4. The molecule has 1 aromatic rings. The largest absolute Gasteiger partial charge is 0.497 e. The highest BCUT2D eigenvalue weighted by molar-refractivity contribution is 5.87. The van der Waals surface area contributed by atoms with Crippen LogP contribution in [-0.4, -0.2) is 60.4 Å². The van der Waals surface area contributed by atoms with E-state index in [9.17, 15) is 9.59 Å². The van der Waals surface area contributed by atoms with Crippen molar-refractivity contribution in [3.05, 3.63) is 29.3 Å². The molecule has 6 nitrogen and oxygen atoms in total. The number of fused-ring (bicyclic) bond motifs is 1. The van der Waals surface area contributed by atoms with Gasteiger partial charge in [-0.2, -0.15) is 0 Å². The average Bonchev–Trinajstić information content (AvgIpc) is 3.39. The number of carbonyl (C=O) groups is 2. The molecule has 3 aliphatic rings. The first kappa shape index (κ1) is 16.4. The van der Waals surface area contributed by atoms with Gasteiger partial charge in [0.1, 0.15) is 11.8 Å². The van der Waals surface area contributed by atoms with Crippen molar-refractivity contribution in [3.8, 4) is 5.75 Å². The SMILES string of the molecule is COc1ccc2c(c1)CCC2C(=O)N1CCN(C2CC2)C(C(N)=O)C1. The Kier molecular flexibility index (Phi) is 4.15. The van der Waals surface area contributed by atoms with E-state index >= 15 is 0 Å². The van der Waals surface area contributed by atoms with E-state index in [4.69, 9.17) is 10.5 Å². The number of hydrogen-bond donors (Lipinski definition) is 1. The number of hydrogen-bond acceptors (Lipinski definition) is 4. The van der Waals surface area contributed by atoms with Crippen LogP contribution in [0.15, 0.2) is 18.2 Å². The van der Waals surface area contributed by atoms with Gasteiger partial charge in [-0.15, -0.1) is 0 Å². The standard InChI is InChI=1S/C19H25N3O3/c1-25-14-5-7-15-12(10-14)2-6-16(15)19(24)21-8-9-22(13-3-4-13)17(11-21)18(20)23/h5,7,10,13,16-17H,2-4,6,8-9,11H2,1H3,(H2,20,23). The Labute approximate surface area is 147 Å². The minimum atomic E-state index is -0.345. The summed E-state index contributed by atoms with van der Waals surface area (Å²) in [5, 5.41) is 0. The van der Waals surface area contributed by atoms with Crippen LogP contribution in [0.4, 0.5) is 0 Å². The topological polar surface area (TPSA) is 75.9 Å². The highest BCUT2D eigenvalue weighted by Gasteiger charge is 2.42. The van der Waals surface area contributed by atoms with Crippen LogP contribution in [0.3, 0.4) is 0 Å². The zero-order valence-corrected chi connectivity index (χ0v) is 14.6. The number of nitrogens with two attached hydrogens (primary N) is 1. The number of methoxy groups -OCH3 is 1. The second-order valence-corrected chi connectivity index (χ2v) is 7.33. The Morgan fingerprint density at radius 2 is 2.00 bits per heavy atom. The van der Waals surface area contributed by atoms with Gasteiger partial charge in [0.25, 0.3) is 0 Å². The number of piperazine rings is 1. The summed E-state index contributed by atoms with van der Waals surface area (Å²) in [6, 6.07) is 6.09. The molecule has 0 aromatic heterocycles. The van der Waals surface area contributed by atoms with Gasteiger partial charge in [-0.05, 0) is 48.9 Å². The lowest BCUT2D eigenvalue weighted by atomic mass is 9.98. The fourth-order valence-electron chi connectivity index (χ4n) is 4.29. The summed E-state index contributed by atoms with van der Waals surface area (Å²) < 4.78 is 5.28. The first-order valence-electron chi connectivity index (χ1n) is 9.09. The van der Waals surface area contributed by atoms with Crippen molar-refractivity contribution in [1.29, 1.82) is 0 Å². The summed E-state index contributed by atoms with van der Waals surface area (Å²) in [5.74, 6) is 0.534. The molecule has 1 saturated carbocycles. The molecule has 1 saturated heterocycles. The minimum absolute atomic E-state index is 0.109. The maximum Gasteiger partial charge on any atom is 0.236 e. The molecule has 1 aliphatic heterocycles. The highest BCUT2D eigenvalue weighted by Crippen LogP contribution is 2.37. The van der Waals surface area contributed by atoms with Crippen LogP contribution in [0, 0.1) is 0 Å². The maximum absolute atomic E-state index is 13.1. The quantitative estimate of drug-likeness (QED) is 0.881. The van der Waals surface area contributed by atoms with Gasteiger partial charge >= 0.3 is 0 Å². The number of carbonyl (C=O) groups excluding carboxylic acids is 2. The molecular weight excluding hydrogens is 318 g/mol. The van der Waals surface area contributed by atoms with Gasteiger partial charge < -0.3 is 15.4 Å². The van der Waals surface area contributed by atoms with E-state index in [1.807, 2.05) is 23.1 Å². The van der Waals surface area contributed by atoms with E-state index in [2.05, 4.69) is 4.90 Å². The van der Waals surface area contributed by atoms with E-state index in [1.165, 1.54) is 5.56 Å². The molecule has 6 heteroatoms. The fraction of sp³-hybridized carbons (Fsp3) is 0.579. The third-order valence-electron chi connectivity index (χ3n) is 5.80. The number of amides is 2. The van der Waals surface area contributed by atoms with Gasteiger partial charge in [0.2, 0.25) is 11.8 Å². The van der Waals surface area contributed by atoms with Crippen LogP contribution in [0.5, 0.6) is 5.75 Å². The molecule has 0 spiro atoms. The lowest BCUT2D eigenvalue weighted by Crippen LogP contribution is -2.60. The minimum Gasteiger partial charge on any atom is -0.497 e. The zero-order chi connectivity index (χ0) is 17.6. The second-order valence-electron chi connectivity index (χ2n) is 7.33. The molecule has 0 bridgehead atoms. The van der Waals surface area contributed by atoms with Gasteiger partial charge in [-0.25, -0.2) is 0 Å². The van der Waals surface area contributed by atoms with Gasteiger partial charge in [0.05, 0.1) is 13.0 Å². The lowest BCUT2D eigenvalue weighted by molar-refractivity contribution is -0.138. The summed E-state index contributed by atoms with van der Waals surface area (Å²) in [7, 11) is 1.66. The summed E-state index contributed by atoms with van der Waals surface area (Å²) in [6.45, 7) is 1.85. The third-order valence-corrected chi connectivity index (χ3v) is 5.80. The van der Waals surface area contributed by atoms with Gasteiger partial charge in [-0.1, -0.05) is 6.07 Å². The van der Waals surface area contributed by atoms with Crippen molar-refractivity contribution in [3.63, 3.8) is 0 Å². The second kappa shape index (κ2) is 6.33. The smallest absolute Gasteiger partial charge is 0.236 e. The number of ether oxygens (including phenoxy) is 1. The molecule has 2 N–H and O–H groups in total. The third kappa shape index (κ3) is 2.99. The molecule has 25 heavy (non-hydrogen) atoms. The van der Waals surface area contributed by atoms with Crippen LogP contribution < -0.4 is 10.5 Å². The molecule has 1 aromatic carbocycles. The number of benzene rings is 1.